The highest BCUT2D eigenvalue weighted by Crippen LogP contribution is 2.31. The Morgan fingerprint density at radius 1 is 1.09 bits per heavy atom. The van der Waals surface area contributed by atoms with Crippen molar-refractivity contribution in [1.29, 1.82) is 0 Å². The molecule has 3 N–H and O–H groups in total. The minimum absolute atomic E-state index is 0.0363. The monoisotopic (exact) mass is 465 g/mol. The van der Waals surface area contributed by atoms with E-state index in [1.54, 1.807) is 22.4 Å². The number of esters is 1. The number of amidine groups is 1. The van der Waals surface area contributed by atoms with Crippen molar-refractivity contribution in [3.63, 3.8) is 0 Å². The molecule has 1 amide bonds. The van der Waals surface area contributed by atoms with E-state index in [9.17, 15) is 9.59 Å². The Balaban J connectivity index is 1.91. The van der Waals surface area contributed by atoms with Gasteiger partial charge in [-0.05, 0) is 34.6 Å². The van der Waals surface area contributed by atoms with E-state index in [1.165, 1.54) is 18.4 Å². The molecule has 33 heavy (non-hydrogen) atoms. The van der Waals surface area contributed by atoms with Crippen LogP contribution in [0.25, 0.3) is 11.1 Å². The Kier molecular flexibility index (Phi) is 8.21. The van der Waals surface area contributed by atoms with Crippen LogP contribution >= 0.6 is 11.3 Å². The third-order valence-corrected chi connectivity index (χ3v) is 6.19. The number of oxime groups is 1. The first-order chi connectivity index (χ1) is 16.0. The highest BCUT2D eigenvalue weighted by molar-refractivity contribution is 7.14. The fraction of sp³-hybridized carbons (Fsp3) is 0.240. The molecule has 0 aliphatic carbocycles. The number of benzene rings is 2. The number of amides is 1. The molecule has 172 valence electrons. The van der Waals surface area contributed by atoms with Crippen molar-refractivity contribution in [2.24, 2.45) is 10.9 Å². The summed E-state index contributed by atoms with van der Waals surface area (Å²) >= 11 is 1.34. The van der Waals surface area contributed by atoms with Gasteiger partial charge in [-0.3, -0.25) is 9.69 Å². The molecule has 8 heteroatoms. The van der Waals surface area contributed by atoms with Crippen molar-refractivity contribution >= 4 is 34.0 Å². The van der Waals surface area contributed by atoms with E-state index < -0.39 is 5.97 Å². The number of hydrogen-bond acceptors (Lipinski definition) is 6. The molecule has 0 aliphatic heterocycles. The average Bonchev–Trinajstić information content (AvgIpc) is 3.34. The highest BCUT2D eigenvalue weighted by atomic mass is 32.1. The maximum Gasteiger partial charge on any atom is 0.340 e. The predicted molar refractivity (Wildman–Crippen MR) is 131 cm³/mol. The van der Waals surface area contributed by atoms with E-state index in [0.29, 0.717) is 29.1 Å². The molecule has 0 bridgehead atoms. The number of thiophene rings is 1. The number of hydrogen-bond donors (Lipinski definition) is 2. The van der Waals surface area contributed by atoms with E-state index in [0.717, 1.165) is 29.5 Å². The molecule has 1 heterocycles. The van der Waals surface area contributed by atoms with Gasteiger partial charge in [0.1, 0.15) is 5.00 Å². The highest BCUT2D eigenvalue weighted by Gasteiger charge is 2.24. The van der Waals surface area contributed by atoms with E-state index in [-0.39, 0.29) is 11.7 Å². The standard InChI is InChI=1S/C25H27N3O4S/c1-3-4-9-22(29)28(24-21(14-15-33-24)25(30)32-2)16-17-10-12-18(13-11-17)19-7-5-6-8-20(19)23(26)27-31/h5-8,10-15,31H,3-4,9,16H2,1-2H3,(H2,26,27). The quantitative estimate of drug-likeness (QED) is 0.152. The molecule has 0 saturated carbocycles. The number of nitrogens with two attached hydrogens (primary N) is 1. The van der Waals surface area contributed by atoms with Crippen LogP contribution in [0, 0.1) is 0 Å². The van der Waals surface area contributed by atoms with Gasteiger partial charge in [-0.25, -0.2) is 4.79 Å². The summed E-state index contributed by atoms with van der Waals surface area (Å²) in [4.78, 5) is 26.9. The van der Waals surface area contributed by atoms with Crippen LogP contribution in [0.2, 0.25) is 0 Å². The number of nitrogens with zero attached hydrogens (tertiary/aromatic N) is 2. The van der Waals surface area contributed by atoms with Gasteiger partial charge in [0.25, 0.3) is 0 Å². The lowest BCUT2D eigenvalue weighted by atomic mass is 9.98. The second-order valence-electron chi connectivity index (χ2n) is 7.44. The van der Waals surface area contributed by atoms with Gasteiger partial charge in [0, 0.05) is 12.0 Å². The minimum atomic E-state index is -0.463. The first-order valence-corrected chi connectivity index (χ1v) is 11.5. The summed E-state index contributed by atoms with van der Waals surface area (Å²) in [5.74, 6) is -0.462. The first-order valence-electron chi connectivity index (χ1n) is 10.6. The van der Waals surface area contributed by atoms with Gasteiger partial charge in [-0.1, -0.05) is 67.0 Å². The molecule has 0 aliphatic rings. The zero-order valence-electron chi connectivity index (χ0n) is 18.7. The van der Waals surface area contributed by atoms with Gasteiger partial charge in [-0.15, -0.1) is 11.3 Å². The van der Waals surface area contributed by atoms with Gasteiger partial charge >= 0.3 is 5.97 Å². The topological polar surface area (TPSA) is 105 Å². The number of rotatable bonds is 9. The van der Waals surface area contributed by atoms with Crippen LogP contribution in [0.4, 0.5) is 5.00 Å². The summed E-state index contributed by atoms with van der Waals surface area (Å²) in [5.41, 5.74) is 9.49. The summed E-state index contributed by atoms with van der Waals surface area (Å²) < 4.78 is 4.89. The molecule has 0 saturated heterocycles. The third-order valence-electron chi connectivity index (χ3n) is 5.26. The van der Waals surface area contributed by atoms with E-state index >= 15 is 0 Å². The number of methoxy groups -OCH3 is 1. The van der Waals surface area contributed by atoms with Gasteiger partial charge in [0.2, 0.25) is 5.91 Å². The Hall–Kier alpha value is -3.65. The lowest BCUT2D eigenvalue weighted by molar-refractivity contribution is -0.118. The number of ether oxygens (including phenoxy) is 1. The summed E-state index contributed by atoms with van der Waals surface area (Å²) in [6.45, 7) is 2.36. The number of carbonyl (C=O) groups is 2. The molecular formula is C25H27N3O4S. The number of anilines is 1. The van der Waals surface area contributed by atoms with Crippen molar-refractivity contribution < 1.29 is 19.5 Å². The molecule has 3 aromatic rings. The Morgan fingerprint density at radius 2 is 1.82 bits per heavy atom. The normalized spacial score (nSPS) is 11.3. The summed E-state index contributed by atoms with van der Waals surface area (Å²) in [6, 6.07) is 16.8. The fourth-order valence-electron chi connectivity index (χ4n) is 3.50. The summed E-state index contributed by atoms with van der Waals surface area (Å²) in [6.07, 6.45) is 2.08. The second kappa shape index (κ2) is 11.3. The molecule has 0 radical (unpaired) electrons. The van der Waals surface area contributed by atoms with Gasteiger partial charge in [0.05, 0.1) is 19.2 Å². The Bertz CT molecular complexity index is 1140. The smallest absolute Gasteiger partial charge is 0.340 e. The minimum Gasteiger partial charge on any atom is -0.465 e. The average molecular weight is 466 g/mol. The van der Waals surface area contributed by atoms with Crippen molar-refractivity contribution in [2.45, 2.75) is 32.7 Å². The molecule has 7 nitrogen and oxygen atoms in total. The molecule has 1 aromatic heterocycles. The lowest BCUT2D eigenvalue weighted by Gasteiger charge is -2.23. The fourth-order valence-corrected chi connectivity index (χ4v) is 4.40. The maximum absolute atomic E-state index is 13.0. The largest absolute Gasteiger partial charge is 0.465 e. The lowest BCUT2D eigenvalue weighted by Crippen LogP contribution is -2.30. The Labute approximate surface area is 197 Å². The van der Waals surface area contributed by atoms with E-state index in [4.69, 9.17) is 15.7 Å². The van der Waals surface area contributed by atoms with Crippen molar-refractivity contribution in [1.82, 2.24) is 0 Å². The van der Waals surface area contributed by atoms with Crippen LogP contribution in [0.15, 0.2) is 65.1 Å². The van der Waals surface area contributed by atoms with Crippen LogP contribution in [-0.4, -0.2) is 30.0 Å². The maximum atomic E-state index is 13.0. The Morgan fingerprint density at radius 3 is 2.48 bits per heavy atom. The van der Waals surface area contributed by atoms with Gasteiger partial charge in [-0.2, -0.15) is 0 Å². The van der Waals surface area contributed by atoms with Crippen LogP contribution < -0.4 is 10.6 Å². The van der Waals surface area contributed by atoms with Crippen LogP contribution in [-0.2, 0) is 16.1 Å². The molecule has 0 unspecified atom stereocenters. The second-order valence-corrected chi connectivity index (χ2v) is 8.34. The van der Waals surface area contributed by atoms with Crippen molar-refractivity contribution in [2.75, 3.05) is 12.0 Å². The molecule has 3 rings (SSSR count). The zero-order valence-corrected chi connectivity index (χ0v) is 19.5. The number of unbranched alkanes of at least 4 members (excludes halogenated alkanes) is 1. The zero-order chi connectivity index (χ0) is 23.8. The van der Waals surface area contributed by atoms with E-state index in [2.05, 4.69) is 5.16 Å². The van der Waals surface area contributed by atoms with Crippen molar-refractivity contribution in [3.05, 3.63) is 76.7 Å². The van der Waals surface area contributed by atoms with E-state index in [1.807, 2.05) is 49.4 Å². The van der Waals surface area contributed by atoms with Crippen LogP contribution in [0.3, 0.4) is 0 Å². The summed E-state index contributed by atoms with van der Waals surface area (Å²) in [7, 11) is 1.33. The molecular weight excluding hydrogens is 438 g/mol. The molecule has 0 atom stereocenters. The molecule has 0 spiro atoms. The van der Waals surface area contributed by atoms with Gasteiger partial charge < -0.3 is 15.7 Å². The first kappa shape index (κ1) is 24.0. The predicted octanol–water partition coefficient (Wildman–Crippen LogP) is 5.02. The number of carbonyl (C=O) groups excluding carboxylic acids is 2. The van der Waals surface area contributed by atoms with Crippen LogP contribution in [0.1, 0.15) is 47.7 Å². The molecule has 2 aromatic carbocycles. The molecule has 0 fully saturated rings. The van der Waals surface area contributed by atoms with Crippen LogP contribution in [0.5, 0.6) is 0 Å². The SMILES string of the molecule is CCCCC(=O)N(Cc1ccc(-c2ccccc2C(N)=NO)cc1)c1sccc1C(=O)OC. The summed E-state index contributed by atoms with van der Waals surface area (Å²) in [5, 5.41) is 14.6. The van der Waals surface area contributed by atoms with Gasteiger partial charge in [0.15, 0.2) is 5.84 Å². The third kappa shape index (κ3) is 5.59. The van der Waals surface area contributed by atoms with Crippen molar-refractivity contribution in [3.8, 4) is 11.1 Å².